The van der Waals surface area contributed by atoms with Gasteiger partial charge < -0.3 is 10.2 Å². The largest absolute Gasteiger partial charge is 0.356 e. The van der Waals surface area contributed by atoms with Crippen molar-refractivity contribution in [2.75, 3.05) is 24.5 Å². The number of pyridine rings is 1. The molecule has 25 heavy (non-hydrogen) atoms. The molecule has 2 heterocycles. The lowest BCUT2D eigenvalue weighted by Gasteiger charge is -2.32. The third kappa shape index (κ3) is 4.30. The summed E-state index contributed by atoms with van der Waals surface area (Å²) in [6, 6.07) is 9.92. The Bertz CT molecular complexity index is 741. The fourth-order valence-electron chi connectivity index (χ4n) is 3.48. The molecule has 1 aromatic carbocycles. The predicted octanol–water partition coefficient (Wildman–Crippen LogP) is 4.25. The van der Waals surface area contributed by atoms with Gasteiger partial charge in [0.2, 0.25) is 0 Å². The van der Waals surface area contributed by atoms with E-state index in [1.54, 1.807) is 0 Å². The van der Waals surface area contributed by atoms with E-state index < -0.39 is 0 Å². The zero-order chi connectivity index (χ0) is 17.8. The van der Waals surface area contributed by atoms with Crippen molar-refractivity contribution in [1.82, 2.24) is 10.3 Å². The van der Waals surface area contributed by atoms with Gasteiger partial charge in [-0.3, -0.25) is 4.79 Å². The van der Waals surface area contributed by atoms with Gasteiger partial charge in [-0.2, -0.15) is 0 Å². The van der Waals surface area contributed by atoms with E-state index in [9.17, 15) is 4.79 Å². The monoisotopic (exact) mass is 339 g/mol. The quantitative estimate of drug-likeness (QED) is 0.886. The number of anilines is 1. The Hall–Kier alpha value is -2.10. The lowest BCUT2D eigenvalue weighted by molar-refractivity contribution is 0.0953. The van der Waals surface area contributed by atoms with Gasteiger partial charge in [0.25, 0.3) is 5.91 Å². The zero-order valence-corrected chi connectivity index (χ0v) is 15.6. The fourth-order valence-corrected chi connectivity index (χ4v) is 3.48. The molecule has 1 N–H and O–H groups in total. The van der Waals surface area contributed by atoms with Gasteiger partial charge in [-0.25, -0.2) is 4.98 Å². The number of rotatable bonds is 5. The third-order valence-electron chi connectivity index (χ3n) is 4.94. The van der Waals surface area contributed by atoms with Gasteiger partial charge in [0.1, 0.15) is 5.82 Å². The molecule has 1 amide bonds. The third-order valence-corrected chi connectivity index (χ3v) is 4.94. The van der Waals surface area contributed by atoms with Gasteiger partial charge >= 0.3 is 0 Å². The number of carbonyl (C=O) groups excluding carboxylic acids is 1. The van der Waals surface area contributed by atoms with Crippen molar-refractivity contribution in [3.8, 4) is 0 Å². The second kappa shape index (κ2) is 7.85. The molecule has 1 atom stereocenters. The summed E-state index contributed by atoms with van der Waals surface area (Å²) in [5, 5.41) is 4.01. The Labute approximate surface area is 150 Å². The van der Waals surface area contributed by atoms with E-state index in [0.29, 0.717) is 18.4 Å². The molecule has 0 unspecified atom stereocenters. The number of nitrogens with zero attached hydrogens (tertiary/aromatic N) is 2. The minimum atomic E-state index is 0.00515. The van der Waals surface area contributed by atoms with Gasteiger partial charge in [-0.05, 0) is 43.2 Å². The molecular formula is C21H29N3O. The average molecular weight is 339 g/mol. The van der Waals surface area contributed by atoms with Gasteiger partial charge in [-0.1, -0.05) is 39.0 Å². The van der Waals surface area contributed by atoms with Crippen molar-refractivity contribution >= 4 is 22.6 Å². The molecule has 1 saturated heterocycles. The van der Waals surface area contributed by atoms with Crippen molar-refractivity contribution in [1.29, 1.82) is 0 Å². The van der Waals surface area contributed by atoms with E-state index >= 15 is 0 Å². The molecule has 0 spiro atoms. The first kappa shape index (κ1) is 17.7. The van der Waals surface area contributed by atoms with Crippen molar-refractivity contribution in [3.05, 3.63) is 35.9 Å². The summed E-state index contributed by atoms with van der Waals surface area (Å²) in [7, 11) is 0. The topological polar surface area (TPSA) is 45.2 Å². The second-order valence-electron chi connectivity index (χ2n) is 7.68. The van der Waals surface area contributed by atoms with E-state index in [4.69, 9.17) is 4.98 Å². The molecular weight excluding hydrogens is 310 g/mol. The molecule has 134 valence electrons. The summed E-state index contributed by atoms with van der Waals surface area (Å²) in [6.45, 7) is 9.37. The van der Waals surface area contributed by atoms with E-state index in [1.165, 1.54) is 12.8 Å². The first-order valence-corrected chi connectivity index (χ1v) is 9.47. The molecule has 1 aromatic heterocycles. The number of amides is 1. The smallest absolute Gasteiger partial charge is 0.252 e. The maximum absolute atomic E-state index is 12.8. The normalized spacial score (nSPS) is 17.9. The number of piperidine rings is 1. The Morgan fingerprint density at radius 2 is 2.16 bits per heavy atom. The van der Waals surface area contributed by atoms with Crippen LogP contribution in [0.15, 0.2) is 30.3 Å². The number of fused-ring (bicyclic) bond motifs is 1. The van der Waals surface area contributed by atoms with Crippen LogP contribution in [0.25, 0.3) is 10.9 Å². The van der Waals surface area contributed by atoms with Crippen molar-refractivity contribution in [3.63, 3.8) is 0 Å². The number of carbonyl (C=O) groups is 1. The van der Waals surface area contributed by atoms with E-state index in [-0.39, 0.29) is 5.91 Å². The standard InChI is InChI=1S/C21H29N3O/c1-15(2)10-11-22-21(25)18-13-20(24-12-6-7-16(3)14-24)23-19-9-5-4-8-17(18)19/h4-5,8-9,13,15-16H,6-7,10-12,14H2,1-3H3,(H,22,25)/t16-/m1/s1. The Kier molecular flexibility index (Phi) is 5.57. The average Bonchev–Trinajstić information content (AvgIpc) is 2.60. The number of para-hydroxylation sites is 1. The highest BCUT2D eigenvalue weighted by atomic mass is 16.1. The van der Waals surface area contributed by atoms with Gasteiger partial charge in [0.05, 0.1) is 11.1 Å². The number of nitrogens with one attached hydrogen (secondary N) is 1. The van der Waals surface area contributed by atoms with E-state index in [0.717, 1.165) is 41.8 Å². The molecule has 4 nitrogen and oxygen atoms in total. The molecule has 0 aliphatic carbocycles. The molecule has 0 bridgehead atoms. The van der Waals surface area contributed by atoms with Crippen molar-refractivity contribution < 1.29 is 4.79 Å². The summed E-state index contributed by atoms with van der Waals surface area (Å²) in [5.74, 6) is 2.19. The summed E-state index contributed by atoms with van der Waals surface area (Å²) >= 11 is 0. The number of benzene rings is 1. The first-order valence-electron chi connectivity index (χ1n) is 9.47. The van der Waals surface area contributed by atoms with Crippen LogP contribution in [0.4, 0.5) is 5.82 Å². The maximum Gasteiger partial charge on any atom is 0.252 e. The lowest BCUT2D eigenvalue weighted by Crippen LogP contribution is -2.35. The summed E-state index contributed by atoms with van der Waals surface area (Å²) < 4.78 is 0. The molecule has 3 rings (SSSR count). The summed E-state index contributed by atoms with van der Waals surface area (Å²) in [4.78, 5) is 19.9. The summed E-state index contributed by atoms with van der Waals surface area (Å²) in [6.07, 6.45) is 3.45. The van der Waals surface area contributed by atoms with E-state index in [1.807, 2.05) is 30.3 Å². The number of hydrogen-bond donors (Lipinski definition) is 1. The molecule has 1 aliphatic heterocycles. The highest BCUT2D eigenvalue weighted by Gasteiger charge is 2.20. The highest BCUT2D eigenvalue weighted by molar-refractivity contribution is 6.07. The van der Waals surface area contributed by atoms with Gasteiger partial charge in [0.15, 0.2) is 0 Å². The van der Waals surface area contributed by atoms with Crippen molar-refractivity contribution in [2.45, 2.75) is 40.0 Å². The van der Waals surface area contributed by atoms with Crippen LogP contribution in [-0.4, -0.2) is 30.5 Å². The van der Waals surface area contributed by atoms with Crippen LogP contribution in [0.3, 0.4) is 0 Å². The Balaban J connectivity index is 1.91. The number of aromatic nitrogens is 1. The summed E-state index contributed by atoms with van der Waals surface area (Å²) in [5.41, 5.74) is 1.63. The predicted molar refractivity (Wildman–Crippen MR) is 104 cm³/mol. The molecule has 0 radical (unpaired) electrons. The van der Waals surface area contributed by atoms with Crippen LogP contribution in [0.1, 0.15) is 50.4 Å². The van der Waals surface area contributed by atoms with Gasteiger partial charge in [0, 0.05) is 25.0 Å². The minimum absolute atomic E-state index is 0.00515. The molecule has 1 aliphatic rings. The second-order valence-corrected chi connectivity index (χ2v) is 7.68. The molecule has 2 aromatic rings. The Morgan fingerprint density at radius 3 is 2.92 bits per heavy atom. The van der Waals surface area contributed by atoms with Gasteiger partial charge in [-0.15, -0.1) is 0 Å². The van der Waals surface area contributed by atoms with E-state index in [2.05, 4.69) is 31.0 Å². The van der Waals surface area contributed by atoms with Crippen LogP contribution in [0.2, 0.25) is 0 Å². The van der Waals surface area contributed by atoms with Crippen LogP contribution >= 0.6 is 0 Å². The molecule has 1 fully saturated rings. The van der Waals surface area contributed by atoms with Crippen LogP contribution in [-0.2, 0) is 0 Å². The molecule has 0 saturated carbocycles. The zero-order valence-electron chi connectivity index (χ0n) is 15.6. The Morgan fingerprint density at radius 1 is 1.36 bits per heavy atom. The van der Waals surface area contributed by atoms with Crippen LogP contribution in [0, 0.1) is 11.8 Å². The fraction of sp³-hybridized carbons (Fsp3) is 0.524. The minimum Gasteiger partial charge on any atom is -0.356 e. The van der Waals surface area contributed by atoms with Crippen LogP contribution in [0.5, 0.6) is 0 Å². The lowest BCUT2D eigenvalue weighted by atomic mass is 10.00. The molecule has 4 heteroatoms. The highest BCUT2D eigenvalue weighted by Crippen LogP contribution is 2.26. The number of hydrogen-bond acceptors (Lipinski definition) is 3. The van der Waals surface area contributed by atoms with Crippen molar-refractivity contribution in [2.24, 2.45) is 11.8 Å². The maximum atomic E-state index is 12.8. The first-order chi connectivity index (χ1) is 12.0. The SMILES string of the molecule is CC(C)CCNC(=O)c1cc(N2CCC[C@@H](C)C2)nc2ccccc12. The van der Waals surface area contributed by atoms with Crippen LogP contribution < -0.4 is 10.2 Å².